The Morgan fingerprint density at radius 2 is 0.700 bits per heavy atom. The van der Waals surface area contributed by atoms with Crippen LogP contribution in [0, 0.1) is 27.7 Å². The van der Waals surface area contributed by atoms with Crippen LogP contribution in [0.5, 0.6) is 0 Å². The molecule has 6 aromatic carbocycles. The predicted octanol–water partition coefficient (Wildman–Crippen LogP) is 10.2. The highest BCUT2D eigenvalue weighted by Gasteiger charge is 2.39. The van der Waals surface area contributed by atoms with E-state index in [9.17, 15) is 18.7 Å². The van der Waals surface area contributed by atoms with E-state index in [1.807, 2.05) is 76.2 Å². The second-order valence-electron chi connectivity index (χ2n) is 11.9. The number of benzene rings is 6. The van der Waals surface area contributed by atoms with E-state index in [1.165, 1.54) is 0 Å². The third kappa shape index (κ3) is 7.13. The van der Waals surface area contributed by atoms with Crippen LogP contribution >= 0.6 is 37.5 Å². The van der Waals surface area contributed by atoms with E-state index in [1.54, 1.807) is 91.0 Å². The lowest BCUT2D eigenvalue weighted by Gasteiger charge is -2.22. The number of aryl methyl sites for hydroxylation is 2. The standard InChI is InChI=1S/C23H23O2P.C19H13Cl2O2P/c1-16-15-17(2)19(4)22(18(16)3)23(24)26(25,20-11-7-5-8-12-20)21-13-9-6-10-14-21;20-16-12-7-13-17(21)18(16)19(22)24(23,14-8-3-1-4-9-14)15-10-5-2-6-11-15/h5-15H,1-4H3;1-13H. The first-order valence-corrected chi connectivity index (χ1v) is 20.1. The molecule has 0 N–H and O–H groups in total. The molecule has 0 saturated carbocycles. The smallest absolute Gasteiger partial charge is 0.233 e. The molecule has 0 atom stereocenters. The summed E-state index contributed by atoms with van der Waals surface area (Å²) in [4.78, 5) is 27.0. The summed E-state index contributed by atoms with van der Waals surface area (Å²) in [6.45, 7) is 7.87. The third-order valence-corrected chi connectivity index (χ3v) is 15.1. The van der Waals surface area contributed by atoms with E-state index in [2.05, 4.69) is 6.07 Å². The zero-order valence-corrected chi connectivity index (χ0v) is 31.4. The van der Waals surface area contributed by atoms with Crippen LogP contribution in [0.25, 0.3) is 0 Å². The average Bonchev–Trinajstić information content (AvgIpc) is 3.15. The van der Waals surface area contributed by atoms with E-state index < -0.39 is 19.8 Å². The van der Waals surface area contributed by atoms with Crippen molar-refractivity contribution in [3.05, 3.63) is 189 Å². The average molecular weight is 738 g/mol. The molecule has 8 heteroatoms. The quantitative estimate of drug-likeness (QED) is 0.146. The largest absolute Gasteiger partial charge is 0.305 e. The van der Waals surface area contributed by atoms with Gasteiger partial charge in [-0.05, 0) is 62.1 Å². The number of rotatable bonds is 8. The Morgan fingerprint density at radius 1 is 0.420 bits per heavy atom. The molecule has 0 amide bonds. The van der Waals surface area contributed by atoms with Crippen molar-refractivity contribution in [3.8, 4) is 0 Å². The molecule has 252 valence electrons. The van der Waals surface area contributed by atoms with E-state index in [0.29, 0.717) is 26.8 Å². The number of carbonyl (C=O) groups excluding carboxylic acids is 2. The van der Waals surface area contributed by atoms with Crippen molar-refractivity contribution in [1.82, 2.24) is 0 Å². The molecule has 0 bridgehead atoms. The molecule has 0 radical (unpaired) electrons. The summed E-state index contributed by atoms with van der Waals surface area (Å²) < 4.78 is 28.2. The van der Waals surface area contributed by atoms with Crippen molar-refractivity contribution in [2.24, 2.45) is 0 Å². The Balaban J connectivity index is 0.000000195. The van der Waals surface area contributed by atoms with Crippen molar-refractivity contribution in [2.45, 2.75) is 27.7 Å². The van der Waals surface area contributed by atoms with E-state index in [0.717, 1.165) is 22.3 Å². The van der Waals surface area contributed by atoms with Crippen LogP contribution in [0.15, 0.2) is 146 Å². The van der Waals surface area contributed by atoms with E-state index in [4.69, 9.17) is 23.2 Å². The maximum Gasteiger partial charge on any atom is 0.233 e. The van der Waals surface area contributed by atoms with Gasteiger partial charge >= 0.3 is 0 Å². The number of hydrogen-bond acceptors (Lipinski definition) is 4. The van der Waals surface area contributed by atoms with Gasteiger partial charge in [0.1, 0.15) is 0 Å². The van der Waals surface area contributed by atoms with Crippen molar-refractivity contribution in [1.29, 1.82) is 0 Å². The molecule has 6 aromatic rings. The highest BCUT2D eigenvalue weighted by atomic mass is 35.5. The fourth-order valence-corrected chi connectivity index (χ4v) is 11.7. The zero-order valence-electron chi connectivity index (χ0n) is 28.1. The van der Waals surface area contributed by atoms with Crippen LogP contribution in [0.1, 0.15) is 43.0 Å². The lowest BCUT2D eigenvalue weighted by atomic mass is 9.95. The van der Waals surface area contributed by atoms with E-state index >= 15 is 0 Å². The Kier molecular flexibility index (Phi) is 11.6. The summed E-state index contributed by atoms with van der Waals surface area (Å²) in [7, 11) is -7.07. The molecule has 0 aliphatic rings. The summed E-state index contributed by atoms with van der Waals surface area (Å²) in [6.07, 6.45) is 0. The first-order valence-electron chi connectivity index (χ1n) is 16.0. The molecule has 0 aliphatic heterocycles. The monoisotopic (exact) mass is 736 g/mol. The van der Waals surface area contributed by atoms with Gasteiger partial charge in [0.25, 0.3) is 0 Å². The highest BCUT2D eigenvalue weighted by Crippen LogP contribution is 2.50. The summed E-state index contributed by atoms with van der Waals surface area (Å²) in [6, 6.07) is 42.5. The fraction of sp³-hybridized carbons (Fsp3) is 0.0952. The summed E-state index contributed by atoms with van der Waals surface area (Å²) >= 11 is 12.4. The maximum absolute atomic E-state index is 14.3. The molecule has 0 heterocycles. The molecule has 0 aliphatic carbocycles. The minimum atomic E-state index is -3.60. The Labute approximate surface area is 303 Å². The molecule has 0 unspecified atom stereocenters. The second-order valence-corrected chi connectivity index (χ2v) is 18.0. The SMILES string of the molecule is Cc1cc(C)c(C)c(C(=O)P(=O)(c2ccccc2)c2ccccc2)c1C.O=C(c1c(Cl)cccc1Cl)P(=O)(c1ccccc1)c1ccccc1. The van der Waals surface area contributed by atoms with Gasteiger partial charge in [-0.1, -0.05) is 157 Å². The minimum Gasteiger partial charge on any atom is -0.305 e. The van der Waals surface area contributed by atoms with Crippen LogP contribution in [0.3, 0.4) is 0 Å². The van der Waals surface area contributed by atoms with Gasteiger partial charge in [0.05, 0.1) is 15.6 Å². The van der Waals surface area contributed by atoms with Gasteiger partial charge in [0.2, 0.25) is 25.3 Å². The summed E-state index contributed by atoms with van der Waals surface area (Å²) in [5.41, 5.74) is 3.76. The molecule has 0 fully saturated rings. The lowest BCUT2D eigenvalue weighted by Crippen LogP contribution is -2.24. The van der Waals surface area contributed by atoms with Gasteiger partial charge in [0, 0.05) is 26.8 Å². The first-order chi connectivity index (χ1) is 23.9. The van der Waals surface area contributed by atoms with Gasteiger partial charge in [-0.15, -0.1) is 0 Å². The summed E-state index contributed by atoms with van der Waals surface area (Å²) in [5.74, 6) is 0. The minimum absolute atomic E-state index is 0.0943. The van der Waals surface area contributed by atoms with Gasteiger partial charge in [-0.3, -0.25) is 9.59 Å². The second kappa shape index (κ2) is 15.7. The van der Waals surface area contributed by atoms with Crippen LogP contribution in [0.4, 0.5) is 0 Å². The van der Waals surface area contributed by atoms with Crippen molar-refractivity contribution < 1.29 is 18.7 Å². The van der Waals surface area contributed by atoms with Gasteiger partial charge < -0.3 is 9.13 Å². The van der Waals surface area contributed by atoms with Gasteiger partial charge in [-0.2, -0.15) is 0 Å². The van der Waals surface area contributed by atoms with E-state index in [-0.39, 0.29) is 21.1 Å². The van der Waals surface area contributed by atoms with Gasteiger partial charge in [0.15, 0.2) is 0 Å². The summed E-state index contributed by atoms with van der Waals surface area (Å²) in [5, 5.41) is 2.46. The lowest BCUT2D eigenvalue weighted by molar-refractivity contribution is 0.107. The molecule has 0 aromatic heterocycles. The Bertz CT molecular complexity index is 2120. The van der Waals surface area contributed by atoms with Crippen molar-refractivity contribution in [2.75, 3.05) is 0 Å². The Morgan fingerprint density at radius 3 is 1.00 bits per heavy atom. The molecule has 4 nitrogen and oxygen atoms in total. The third-order valence-electron chi connectivity index (χ3n) is 8.81. The van der Waals surface area contributed by atoms with Gasteiger partial charge in [-0.25, -0.2) is 0 Å². The predicted molar refractivity (Wildman–Crippen MR) is 210 cm³/mol. The van der Waals surface area contributed by atoms with Crippen molar-refractivity contribution in [3.63, 3.8) is 0 Å². The normalized spacial score (nSPS) is 11.3. The maximum atomic E-state index is 14.3. The zero-order chi connectivity index (χ0) is 36.1. The topological polar surface area (TPSA) is 68.3 Å². The van der Waals surface area contributed by atoms with Crippen LogP contribution < -0.4 is 21.2 Å². The van der Waals surface area contributed by atoms with Crippen LogP contribution in [-0.2, 0) is 9.13 Å². The molecular formula is C42H36Cl2O4P2. The number of halogens is 2. The molecule has 50 heavy (non-hydrogen) atoms. The van der Waals surface area contributed by atoms with Crippen LogP contribution in [-0.4, -0.2) is 11.0 Å². The molecule has 0 saturated heterocycles. The fourth-order valence-electron chi connectivity index (χ4n) is 5.87. The first kappa shape index (κ1) is 37.0. The number of hydrogen-bond donors (Lipinski definition) is 0. The highest BCUT2D eigenvalue weighted by molar-refractivity contribution is 7.94. The molecular weight excluding hydrogens is 701 g/mol. The van der Waals surface area contributed by atoms with Crippen molar-refractivity contribution >= 4 is 69.8 Å². The number of carbonyl (C=O) groups is 2. The molecule has 0 spiro atoms. The Hall–Kier alpha value is -4.30. The van der Waals surface area contributed by atoms with Crippen LogP contribution in [0.2, 0.25) is 10.0 Å². The molecule has 6 rings (SSSR count).